The number of hydrogen-bond donors (Lipinski definition) is 2. The van der Waals surface area contributed by atoms with Crippen LogP contribution in [0.15, 0.2) is 36.4 Å². The van der Waals surface area contributed by atoms with E-state index < -0.39 is 15.7 Å². The van der Waals surface area contributed by atoms with Gasteiger partial charge in [0.15, 0.2) is 9.84 Å². The number of rotatable bonds is 3. The fourth-order valence-corrected chi connectivity index (χ4v) is 5.94. The van der Waals surface area contributed by atoms with Gasteiger partial charge in [0.1, 0.15) is 5.82 Å². The second-order valence-corrected chi connectivity index (χ2v) is 8.93. The summed E-state index contributed by atoms with van der Waals surface area (Å²) in [6.07, 6.45) is 0. The van der Waals surface area contributed by atoms with Crippen LogP contribution in [0.2, 0.25) is 0 Å². The molecule has 136 valence electrons. The number of hydrogen-bond acceptors (Lipinski definition) is 7. The second-order valence-electron chi connectivity index (χ2n) is 6.78. The molecule has 1 aromatic heterocycles. The Balaban J connectivity index is 1.69. The van der Waals surface area contributed by atoms with Crippen LogP contribution in [-0.2, 0) is 9.84 Å². The van der Waals surface area contributed by atoms with Crippen LogP contribution >= 0.6 is 0 Å². The molecule has 4 rings (SSSR count). The molecule has 0 bridgehead atoms. The predicted molar refractivity (Wildman–Crippen MR) is 97.0 cm³/mol. The molecule has 0 radical (unpaired) electrons. The van der Waals surface area contributed by atoms with Gasteiger partial charge in [-0.15, -0.1) is 0 Å². The summed E-state index contributed by atoms with van der Waals surface area (Å²) in [4.78, 5) is 22.7. The number of carbonyl (C=O) groups is 1. The number of hydrazine groups is 1. The Kier molecular flexibility index (Phi) is 4.12. The van der Waals surface area contributed by atoms with Crippen molar-refractivity contribution in [1.29, 1.82) is 0 Å². The molecule has 3 heterocycles. The number of anilines is 1. The minimum Gasteiger partial charge on any atom is -0.356 e. The number of nitrogens with one attached hydrogen (secondary N) is 1. The van der Waals surface area contributed by atoms with Crippen molar-refractivity contribution in [2.45, 2.75) is 0 Å². The second kappa shape index (κ2) is 6.33. The van der Waals surface area contributed by atoms with Gasteiger partial charge in [-0.25, -0.2) is 24.2 Å². The maximum Gasteiger partial charge on any atom is 0.303 e. The van der Waals surface area contributed by atoms with E-state index in [1.807, 2.05) is 41.3 Å². The zero-order chi connectivity index (χ0) is 18.3. The molecule has 0 spiro atoms. The first-order valence-electron chi connectivity index (χ1n) is 8.36. The van der Waals surface area contributed by atoms with Crippen molar-refractivity contribution in [3.8, 4) is 11.3 Å². The molecule has 3 N–H and O–H groups in total. The third kappa shape index (κ3) is 3.15. The molecule has 2 unspecified atom stereocenters. The lowest BCUT2D eigenvalue weighted by molar-refractivity contribution is 0.0943. The highest BCUT2D eigenvalue weighted by Crippen LogP contribution is 2.35. The minimum absolute atomic E-state index is 0.00599. The molecule has 0 aliphatic carbocycles. The van der Waals surface area contributed by atoms with E-state index >= 15 is 0 Å². The molecule has 1 amide bonds. The Hall–Kier alpha value is -2.52. The molecule has 2 saturated heterocycles. The van der Waals surface area contributed by atoms with Crippen LogP contribution in [0.4, 0.5) is 5.82 Å². The topological polar surface area (TPSA) is 118 Å². The van der Waals surface area contributed by atoms with E-state index in [1.165, 1.54) is 0 Å². The predicted octanol–water partition coefficient (Wildman–Crippen LogP) is 0.228. The van der Waals surface area contributed by atoms with E-state index in [0.717, 1.165) is 5.56 Å². The summed E-state index contributed by atoms with van der Waals surface area (Å²) in [6, 6.07) is 11.3. The average Bonchev–Trinajstić information content (AvgIpc) is 3.15. The maximum absolute atomic E-state index is 12.0. The summed E-state index contributed by atoms with van der Waals surface area (Å²) in [5.74, 6) is 5.96. The number of amides is 1. The summed E-state index contributed by atoms with van der Waals surface area (Å²) >= 11 is 0. The summed E-state index contributed by atoms with van der Waals surface area (Å²) in [5.41, 5.74) is 3.56. The number of aromatic nitrogens is 2. The van der Waals surface area contributed by atoms with Crippen molar-refractivity contribution in [3.63, 3.8) is 0 Å². The largest absolute Gasteiger partial charge is 0.356 e. The Bertz CT molecular complexity index is 928. The van der Waals surface area contributed by atoms with Gasteiger partial charge >= 0.3 is 5.91 Å². The fourth-order valence-electron chi connectivity index (χ4n) is 3.74. The van der Waals surface area contributed by atoms with Crippen LogP contribution in [0.25, 0.3) is 11.3 Å². The van der Waals surface area contributed by atoms with Crippen LogP contribution < -0.4 is 16.2 Å². The Morgan fingerprint density at radius 2 is 1.77 bits per heavy atom. The molecule has 26 heavy (non-hydrogen) atoms. The van der Waals surface area contributed by atoms with Crippen LogP contribution in [-0.4, -0.2) is 48.9 Å². The first-order chi connectivity index (χ1) is 12.4. The molecule has 8 nitrogen and oxygen atoms in total. The fraction of sp³-hybridized carbons (Fsp3) is 0.353. The van der Waals surface area contributed by atoms with Crippen LogP contribution in [0.3, 0.4) is 0 Å². The minimum atomic E-state index is -2.93. The number of carbonyl (C=O) groups excluding carboxylic acids is 1. The number of fused-ring (bicyclic) bond motifs is 1. The summed E-state index contributed by atoms with van der Waals surface area (Å²) in [7, 11) is -2.93. The summed E-state index contributed by atoms with van der Waals surface area (Å²) in [6.45, 7) is 1.22. The van der Waals surface area contributed by atoms with Crippen molar-refractivity contribution in [2.24, 2.45) is 17.7 Å². The van der Waals surface area contributed by atoms with Crippen molar-refractivity contribution in [2.75, 3.05) is 29.5 Å². The van der Waals surface area contributed by atoms with Gasteiger partial charge in [0.05, 0.1) is 17.2 Å². The molecule has 2 aromatic rings. The average molecular weight is 373 g/mol. The maximum atomic E-state index is 12.0. The van der Waals surface area contributed by atoms with Crippen molar-refractivity contribution < 1.29 is 13.2 Å². The van der Waals surface area contributed by atoms with E-state index in [0.29, 0.717) is 24.6 Å². The SMILES string of the molecule is NNC(=O)c1nc(-c2ccccc2)cc(N2CC3CS(=O)(=O)CC3C2)n1. The Morgan fingerprint density at radius 3 is 2.38 bits per heavy atom. The third-order valence-corrected chi connectivity index (χ3v) is 6.82. The van der Waals surface area contributed by atoms with Gasteiger partial charge in [0.25, 0.3) is 0 Å². The van der Waals surface area contributed by atoms with Gasteiger partial charge in [-0.3, -0.25) is 10.2 Å². The molecule has 1 aromatic carbocycles. The summed E-state index contributed by atoms with van der Waals surface area (Å²) < 4.78 is 23.6. The number of nitrogens with zero attached hydrogens (tertiary/aromatic N) is 3. The zero-order valence-electron chi connectivity index (χ0n) is 14.0. The van der Waals surface area contributed by atoms with Gasteiger partial charge in [0.2, 0.25) is 5.82 Å². The van der Waals surface area contributed by atoms with E-state index in [-0.39, 0.29) is 29.2 Å². The Labute approximate surface area is 151 Å². The van der Waals surface area contributed by atoms with Gasteiger partial charge in [-0.2, -0.15) is 0 Å². The quantitative estimate of drug-likeness (QED) is 0.449. The highest BCUT2D eigenvalue weighted by molar-refractivity contribution is 7.91. The first kappa shape index (κ1) is 16.9. The summed E-state index contributed by atoms with van der Waals surface area (Å²) in [5, 5.41) is 0. The van der Waals surface area contributed by atoms with E-state index in [2.05, 4.69) is 15.4 Å². The number of nitrogens with two attached hydrogens (primary N) is 1. The number of nitrogen functional groups attached to an aromatic ring is 1. The molecule has 2 aliphatic rings. The smallest absolute Gasteiger partial charge is 0.303 e. The number of sulfone groups is 1. The lowest BCUT2D eigenvalue weighted by Crippen LogP contribution is -2.32. The lowest BCUT2D eigenvalue weighted by atomic mass is 10.0. The van der Waals surface area contributed by atoms with Crippen molar-refractivity contribution >= 4 is 21.6 Å². The van der Waals surface area contributed by atoms with Gasteiger partial charge in [-0.05, 0) is 11.8 Å². The van der Waals surface area contributed by atoms with Crippen LogP contribution in [0.5, 0.6) is 0 Å². The number of benzene rings is 1. The van der Waals surface area contributed by atoms with Crippen molar-refractivity contribution in [3.05, 3.63) is 42.2 Å². The molecule has 2 atom stereocenters. The van der Waals surface area contributed by atoms with Crippen molar-refractivity contribution in [1.82, 2.24) is 15.4 Å². The van der Waals surface area contributed by atoms with E-state index in [1.54, 1.807) is 0 Å². The highest BCUT2D eigenvalue weighted by atomic mass is 32.2. The molecule has 2 aliphatic heterocycles. The molecular weight excluding hydrogens is 354 g/mol. The zero-order valence-corrected chi connectivity index (χ0v) is 14.8. The van der Waals surface area contributed by atoms with Crippen LogP contribution in [0, 0.1) is 11.8 Å². The lowest BCUT2D eigenvalue weighted by Gasteiger charge is -2.19. The molecule has 9 heteroatoms. The van der Waals surface area contributed by atoms with Gasteiger partial charge in [-0.1, -0.05) is 30.3 Å². The third-order valence-electron chi connectivity index (χ3n) is 4.95. The van der Waals surface area contributed by atoms with Gasteiger partial charge in [0, 0.05) is 24.7 Å². The van der Waals surface area contributed by atoms with Crippen LogP contribution in [0.1, 0.15) is 10.6 Å². The first-order valence-corrected chi connectivity index (χ1v) is 10.2. The normalized spacial score (nSPS) is 23.7. The van der Waals surface area contributed by atoms with Gasteiger partial charge < -0.3 is 4.90 Å². The molecule has 0 saturated carbocycles. The Morgan fingerprint density at radius 1 is 1.12 bits per heavy atom. The standard InChI is InChI=1S/C17H19N5O3S/c18-21-17(23)16-19-14(11-4-2-1-3-5-11)6-15(20-16)22-7-12-9-26(24,25)10-13(12)8-22/h1-6,12-13H,7-10,18H2,(H,21,23). The highest BCUT2D eigenvalue weighted by Gasteiger charge is 2.44. The monoisotopic (exact) mass is 373 g/mol. The molecular formula is C17H19N5O3S. The molecule has 2 fully saturated rings. The van der Waals surface area contributed by atoms with E-state index in [9.17, 15) is 13.2 Å². The van der Waals surface area contributed by atoms with E-state index in [4.69, 9.17) is 5.84 Å².